The second-order valence-electron chi connectivity index (χ2n) is 5.72. The average molecular weight is 381 g/mol. The average Bonchev–Trinajstić information content (AvgIpc) is 2.61. The van der Waals surface area contributed by atoms with Crippen LogP contribution in [0.1, 0.15) is 18.1 Å². The molecule has 2 rings (SSSR count). The van der Waals surface area contributed by atoms with E-state index >= 15 is 0 Å². The van der Waals surface area contributed by atoms with Crippen LogP contribution in [0, 0.1) is 0 Å². The molecule has 0 radical (unpaired) electrons. The number of carbonyl (C=O) groups excluding carboxylic acids is 2. The van der Waals surface area contributed by atoms with E-state index in [-0.39, 0.29) is 12.1 Å². The van der Waals surface area contributed by atoms with Crippen LogP contribution in [0.2, 0.25) is 0 Å². The highest BCUT2D eigenvalue weighted by Gasteiger charge is 2.30. The maximum absolute atomic E-state index is 12.7. The van der Waals surface area contributed by atoms with Crippen LogP contribution in [0.4, 0.5) is 18.9 Å². The standard InChI is InChI=1S/C19H18F3NO4/c1-12(27-17(24)10-13-6-8-16(26-2)9-7-13)18(25)23-15-5-3-4-14(11-15)19(20,21)22/h3-9,11-12H,10H2,1-2H3,(H,23,25)/t12-/m0/s1. The smallest absolute Gasteiger partial charge is 0.416 e. The number of rotatable bonds is 6. The number of anilines is 1. The number of benzene rings is 2. The number of amides is 1. The van der Waals surface area contributed by atoms with E-state index in [9.17, 15) is 22.8 Å². The largest absolute Gasteiger partial charge is 0.497 e. The van der Waals surface area contributed by atoms with Gasteiger partial charge in [0.1, 0.15) is 5.75 Å². The summed E-state index contributed by atoms with van der Waals surface area (Å²) in [6.07, 6.45) is -5.73. The lowest BCUT2D eigenvalue weighted by Crippen LogP contribution is -2.30. The van der Waals surface area contributed by atoms with E-state index in [0.29, 0.717) is 11.3 Å². The number of ether oxygens (including phenoxy) is 2. The molecule has 0 bridgehead atoms. The molecule has 5 nitrogen and oxygen atoms in total. The molecule has 0 aliphatic carbocycles. The van der Waals surface area contributed by atoms with Gasteiger partial charge in [0.15, 0.2) is 6.10 Å². The quantitative estimate of drug-likeness (QED) is 0.773. The monoisotopic (exact) mass is 381 g/mol. The molecule has 8 heteroatoms. The fourth-order valence-corrected chi connectivity index (χ4v) is 2.22. The summed E-state index contributed by atoms with van der Waals surface area (Å²) in [6, 6.07) is 11.0. The Morgan fingerprint density at radius 1 is 1.11 bits per heavy atom. The molecule has 0 saturated heterocycles. The Labute approximate surface area is 154 Å². The number of hydrogen-bond donors (Lipinski definition) is 1. The molecule has 1 N–H and O–H groups in total. The van der Waals surface area contributed by atoms with E-state index in [4.69, 9.17) is 9.47 Å². The topological polar surface area (TPSA) is 64.6 Å². The minimum atomic E-state index is -4.52. The van der Waals surface area contributed by atoms with Crippen LogP contribution in [-0.2, 0) is 26.9 Å². The summed E-state index contributed by atoms with van der Waals surface area (Å²) in [5, 5.41) is 2.31. The van der Waals surface area contributed by atoms with Crippen molar-refractivity contribution in [3.8, 4) is 5.75 Å². The van der Waals surface area contributed by atoms with Gasteiger partial charge in [0.05, 0.1) is 19.1 Å². The van der Waals surface area contributed by atoms with Gasteiger partial charge in [-0.15, -0.1) is 0 Å². The second kappa shape index (κ2) is 8.57. The molecule has 0 spiro atoms. The lowest BCUT2D eigenvalue weighted by Gasteiger charge is -2.14. The third kappa shape index (κ3) is 6.02. The van der Waals surface area contributed by atoms with Gasteiger partial charge >= 0.3 is 12.1 Å². The molecule has 0 aromatic heterocycles. The Balaban J connectivity index is 1.92. The molecule has 1 atom stereocenters. The van der Waals surface area contributed by atoms with Crippen LogP contribution in [0.5, 0.6) is 5.75 Å². The molecule has 144 valence electrons. The van der Waals surface area contributed by atoms with Crippen LogP contribution in [-0.4, -0.2) is 25.1 Å². The number of carbonyl (C=O) groups is 2. The van der Waals surface area contributed by atoms with Gasteiger partial charge in [-0.1, -0.05) is 18.2 Å². The molecule has 0 saturated carbocycles. The van der Waals surface area contributed by atoms with Crippen molar-refractivity contribution in [3.63, 3.8) is 0 Å². The first-order valence-electron chi connectivity index (χ1n) is 7.99. The molecule has 0 aliphatic rings. The van der Waals surface area contributed by atoms with Gasteiger partial charge in [0, 0.05) is 5.69 Å². The van der Waals surface area contributed by atoms with Gasteiger partial charge in [0.25, 0.3) is 5.91 Å². The zero-order valence-electron chi connectivity index (χ0n) is 14.7. The van der Waals surface area contributed by atoms with E-state index in [1.807, 2.05) is 0 Å². The Hall–Kier alpha value is -3.03. The highest BCUT2D eigenvalue weighted by molar-refractivity contribution is 5.95. The number of halogens is 3. The van der Waals surface area contributed by atoms with E-state index in [2.05, 4.69) is 5.32 Å². The molecule has 2 aromatic carbocycles. The number of hydrogen-bond acceptors (Lipinski definition) is 4. The van der Waals surface area contributed by atoms with Crippen molar-refractivity contribution in [1.29, 1.82) is 0 Å². The van der Waals surface area contributed by atoms with Gasteiger partial charge in [-0.05, 0) is 42.8 Å². The van der Waals surface area contributed by atoms with E-state index < -0.39 is 29.7 Å². The first-order valence-corrected chi connectivity index (χ1v) is 7.99. The summed E-state index contributed by atoms with van der Waals surface area (Å²) in [5.74, 6) is -0.717. The fraction of sp³-hybridized carbons (Fsp3) is 0.263. The number of esters is 1. The number of nitrogens with one attached hydrogen (secondary N) is 1. The lowest BCUT2D eigenvalue weighted by atomic mass is 10.1. The highest BCUT2D eigenvalue weighted by Crippen LogP contribution is 2.30. The van der Waals surface area contributed by atoms with Crippen LogP contribution >= 0.6 is 0 Å². The lowest BCUT2D eigenvalue weighted by molar-refractivity contribution is -0.152. The van der Waals surface area contributed by atoms with Crippen LogP contribution in [0.25, 0.3) is 0 Å². The summed E-state index contributed by atoms with van der Waals surface area (Å²) in [6.45, 7) is 1.34. The molecule has 1 amide bonds. The number of methoxy groups -OCH3 is 1. The summed E-state index contributed by atoms with van der Waals surface area (Å²) in [5.41, 5.74) is -0.247. The van der Waals surface area contributed by atoms with Gasteiger partial charge < -0.3 is 14.8 Å². The summed E-state index contributed by atoms with van der Waals surface area (Å²) >= 11 is 0. The fourth-order valence-electron chi connectivity index (χ4n) is 2.22. The normalized spacial score (nSPS) is 12.2. The Bertz CT molecular complexity index is 803. The summed E-state index contributed by atoms with van der Waals surface area (Å²) in [4.78, 5) is 24.0. The van der Waals surface area contributed by atoms with Crippen molar-refractivity contribution in [3.05, 3.63) is 59.7 Å². The zero-order valence-corrected chi connectivity index (χ0v) is 14.7. The van der Waals surface area contributed by atoms with Crippen molar-refractivity contribution in [2.45, 2.75) is 25.6 Å². The van der Waals surface area contributed by atoms with E-state index in [1.54, 1.807) is 24.3 Å². The minimum Gasteiger partial charge on any atom is -0.497 e. The predicted molar refractivity (Wildman–Crippen MR) is 92.3 cm³/mol. The maximum Gasteiger partial charge on any atom is 0.416 e. The molecule has 0 fully saturated rings. The molecule has 27 heavy (non-hydrogen) atoms. The molecule has 0 aliphatic heterocycles. The van der Waals surface area contributed by atoms with Crippen LogP contribution in [0.15, 0.2) is 48.5 Å². The van der Waals surface area contributed by atoms with E-state index in [0.717, 1.165) is 12.1 Å². The summed E-state index contributed by atoms with van der Waals surface area (Å²) in [7, 11) is 1.52. The Kier molecular flexibility index (Phi) is 6.44. The van der Waals surface area contributed by atoms with Crippen molar-refractivity contribution < 1.29 is 32.2 Å². The first kappa shape index (κ1) is 20.3. The first-order chi connectivity index (χ1) is 12.7. The Morgan fingerprint density at radius 2 is 1.78 bits per heavy atom. The van der Waals surface area contributed by atoms with Crippen molar-refractivity contribution in [1.82, 2.24) is 0 Å². The van der Waals surface area contributed by atoms with Crippen molar-refractivity contribution >= 4 is 17.6 Å². The van der Waals surface area contributed by atoms with Crippen LogP contribution < -0.4 is 10.1 Å². The van der Waals surface area contributed by atoms with Crippen molar-refractivity contribution in [2.24, 2.45) is 0 Å². The second-order valence-corrected chi connectivity index (χ2v) is 5.72. The Morgan fingerprint density at radius 3 is 2.37 bits per heavy atom. The van der Waals surface area contributed by atoms with Crippen molar-refractivity contribution in [2.75, 3.05) is 12.4 Å². The summed E-state index contributed by atoms with van der Waals surface area (Å²) < 4.78 is 48.2. The SMILES string of the molecule is COc1ccc(CC(=O)O[C@@H](C)C(=O)Nc2cccc(C(F)(F)F)c2)cc1. The predicted octanol–water partition coefficient (Wildman–Crippen LogP) is 3.83. The van der Waals surface area contributed by atoms with Crippen LogP contribution in [0.3, 0.4) is 0 Å². The van der Waals surface area contributed by atoms with Gasteiger partial charge in [-0.2, -0.15) is 13.2 Å². The number of alkyl halides is 3. The van der Waals surface area contributed by atoms with Gasteiger partial charge in [0.2, 0.25) is 0 Å². The molecular weight excluding hydrogens is 363 g/mol. The van der Waals surface area contributed by atoms with E-state index in [1.165, 1.54) is 26.2 Å². The molecule has 0 heterocycles. The van der Waals surface area contributed by atoms with Gasteiger partial charge in [-0.25, -0.2) is 0 Å². The van der Waals surface area contributed by atoms with Gasteiger partial charge in [-0.3, -0.25) is 9.59 Å². The molecule has 0 unspecified atom stereocenters. The minimum absolute atomic E-state index is 0.0344. The third-order valence-corrected chi connectivity index (χ3v) is 3.64. The molecule has 2 aromatic rings. The third-order valence-electron chi connectivity index (χ3n) is 3.64. The zero-order chi connectivity index (χ0) is 20.0. The molecular formula is C19H18F3NO4. The highest BCUT2D eigenvalue weighted by atomic mass is 19.4. The maximum atomic E-state index is 12.7.